The van der Waals surface area contributed by atoms with Gasteiger partial charge in [-0.1, -0.05) is 51.5 Å². The van der Waals surface area contributed by atoms with E-state index >= 15 is 0 Å². The predicted molar refractivity (Wildman–Crippen MR) is 66.3 cm³/mol. The number of carbonyl (C=O) groups is 1. The average Bonchev–Trinajstić information content (AvgIpc) is 2.31. The second-order valence-corrected chi connectivity index (χ2v) is 3.76. The first kappa shape index (κ1) is 12.0. The zero-order valence-corrected chi connectivity index (χ0v) is 9.92. The Bertz CT molecular complexity index is 333. The fourth-order valence-electron chi connectivity index (χ4n) is 2.01. The third-order valence-electron chi connectivity index (χ3n) is 2.88. The van der Waals surface area contributed by atoms with Gasteiger partial charge in [0.15, 0.2) is 5.78 Å². The molecule has 15 heavy (non-hydrogen) atoms. The molecular formula is C14H22O. The average molecular weight is 207 g/mol. The highest BCUT2D eigenvalue weighted by Gasteiger charge is 2.22. The van der Waals surface area contributed by atoms with Crippen LogP contribution in [-0.2, 0) is 6.42 Å². The molecule has 0 amide bonds. The second-order valence-electron chi connectivity index (χ2n) is 3.76. The summed E-state index contributed by atoms with van der Waals surface area (Å²) in [5, 5.41) is 0. The van der Waals surface area contributed by atoms with E-state index in [9.17, 15) is 4.79 Å². The maximum atomic E-state index is 11.7. The molecule has 1 aromatic rings. The lowest BCUT2D eigenvalue weighted by atomic mass is 9.82. The van der Waals surface area contributed by atoms with Crippen molar-refractivity contribution in [2.24, 2.45) is 5.92 Å². The molecule has 1 aliphatic carbocycles. The van der Waals surface area contributed by atoms with Gasteiger partial charge < -0.3 is 0 Å². The Morgan fingerprint density at radius 3 is 2.60 bits per heavy atom. The van der Waals surface area contributed by atoms with Crippen LogP contribution in [0.4, 0.5) is 0 Å². The number of rotatable bonds is 1. The number of benzene rings is 1. The van der Waals surface area contributed by atoms with Gasteiger partial charge in [0.2, 0.25) is 0 Å². The van der Waals surface area contributed by atoms with Crippen molar-refractivity contribution in [3.63, 3.8) is 0 Å². The molecule has 1 nitrogen and oxygen atoms in total. The van der Waals surface area contributed by atoms with Gasteiger partial charge in [0.1, 0.15) is 0 Å². The second kappa shape index (κ2) is 5.69. The van der Waals surface area contributed by atoms with Crippen LogP contribution in [0.2, 0.25) is 0 Å². The fourth-order valence-corrected chi connectivity index (χ4v) is 2.01. The summed E-state index contributed by atoms with van der Waals surface area (Å²) in [6.07, 6.45) is 2.94. The maximum absolute atomic E-state index is 11.7. The van der Waals surface area contributed by atoms with Crippen molar-refractivity contribution in [3.8, 4) is 0 Å². The molecule has 1 heteroatoms. The van der Waals surface area contributed by atoms with Gasteiger partial charge in [-0.2, -0.15) is 0 Å². The maximum Gasteiger partial charge on any atom is 0.163 e. The molecule has 0 saturated carbocycles. The molecule has 1 aromatic carbocycles. The van der Waals surface area contributed by atoms with Crippen molar-refractivity contribution in [1.82, 2.24) is 0 Å². The highest BCUT2D eigenvalue weighted by molar-refractivity contribution is 5.98. The van der Waals surface area contributed by atoms with Gasteiger partial charge in [-0.05, 0) is 17.9 Å². The smallest absolute Gasteiger partial charge is 0.163 e. The lowest BCUT2D eigenvalue weighted by Gasteiger charge is -2.21. The summed E-state index contributed by atoms with van der Waals surface area (Å²) in [4.78, 5) is 11.7. The van der Waals surface area contributed by atoms with E-state index in [0.717, 1.165) is 24.8 Å². The largest absolute Gasteiger partial charge is 0.294 e. The number of fused-ring (bicyclic) bond motifs is 1. The molecule has 0 radical (unpaired) electrons. The number of hydrogen-bond donors (Lipinski definition) is 0. The Hall–Kier alpha value is -1.11. The van der Waals surface area contributed by atoms with Crippen molar-refractivity contribution in [2.75, 3.05) is 0 Å². The SMILES string of the molecule is CC.CCC1CC(=O)c2ccccc2C1.[2HH]. The van der Waals surface area contributed by atoms with Crippen LogP contribution in [-0.4, -0.2) is 5.78 Å². The van der Waals surface area contributed by atoms with Gasteiger partial charge in [-0.25, -0.2) is 0 Å². The van der Waals surface area contributed by atoms with Crippen molar-refractivity contribution < 1.29 is 6.22 Å². The summed E-state index contributed by atoms with van der Waals surface area (Å²) in [6.45, 7) is 6.16. The van der Waals surface area contributed by atoms with Crippen LogP contribution in [0.25, 0.3) is 0 Å². The monoisotopic (exact) mass is 207 g/mol. The summed E-state index contributed by atoms with van der Waals surface area (Å²) in [5.41, 5.74) is 2.19. The van der Waals surface area contributed by atoms with Gasteiger partial charge in [0, 0.05) is 13.4 Å². The van der Waals surface area contributed by atoms with Crippen LogP contribution in [0.15, 0.2) is 24.3 Å². The lowest BCUT2D eigenvalue weighted by Crippen LogP contribution is -2.19. The summed E-state index contributed by atoms with van der Waals surface area (Å²) in [6, 6.07) is 7.99. The molecule has 0 aromatic heterocycles. The predicted octanol–water partition coefficient (Wildman–Crippen LogP) is 4.11. The first-order chi connectivity index (χ1) is 7.31. The van der Waals surface area contributed by atoms with Gasteiger partial charge >= 0.3 is 0 Å². The van der Waals surface area contributed by atoms with E-state index in [-0.39, 0.29) is 1.43 Å². The zero-order chi connectivity index (χ0) is 11.3. The Kier molecular flexibility index (Phi) is 4.54. The Morgan fingerprint density at radius 2 is 1.93 bits per heavy atom. The van der Waals surface area contributed by atoms with Crippen LogP contribution in [0.3, 0.4) is 0 Å². The molecule has 1 unspecified atom stereocenters. The molecule has 1 atom stereocenters. The van der Waals surface area contributed by atoms with Crippen LogP contribution >= 0.6 is 0 Å². The van der Waals surface area contributed by atoms with E-state index in [1.165, 1.54) is 5.56 Å². The standard InChI is InChI=1S/C12H14O.C2H6.H2/c1-2-9-7-10-5-3-4-6-11(10)12(13)8-9;1-2;/h3-6,9H,2,7-8H2,1H3;1-2H3;1H/i;;1+1. The lowest BCUT2D eigenvalue weighted by molar-refractivity contribution is 0.0947. The Balaban J connectivity index is 0.000000711. The van der Waals surface area contributed by atoms with E-state index in [0.29, 0.717) is 11.7 Å². The molecule has 0 aliphatic heterocycles. The minimum atomic E-state index is 0. The highest BCUT2D eigenvalue weighted by atomic mass is 16.1. The molecule has 2 rings (SSSR count). The van der Waals surface area contributed by atoms with Crippen LogP contribution in [0.1, 0.15) is 51.0 Å². The van der Waals surface area contributed by atoms with E-state index in [2.05, 4.69) is 13.0 Å². The fraction of sp³-hybridized carbons (Fsp3) is 0.500. The topological polar surface area (TPSA) is 17.1 Å². The van der Waals surface area contributed by atoms with E-state index in [1.54, 1.807) is 0 Å². The van der Waals surface area contributed by atoms with Crippen molar-refractivity contribution in [1.29, 1.82) is 0 Å². The number of Topliss-reactive ketones (excluding diaryl/α,β-unsaturated/α-hetero) is 1. The summed E-state index contributed by atoms with van der Waals surface area (Å²) in [5.74, 6) is 0.899. The van der Waals surface area contributed by atoms with Crippen LogP contribution < -0.4 is 0 Å². The summed E-state index contributed by atoms with van der Waals surface area (Å²) < 4.78 is 0. The van der Waals surface area contributed by atoms with Gasteiger partial charge in [0.05, 0.1) is 0 Å². The first-order valence-electron chi connectivity index (χ1n) is 5.92. The zero-order valence-electron chi connectivity index (χ0n) is 9.92. The number of carbonyl (C=O) groups excluding carboxylic acids is 1. The Labute approximate surface area is 94.0 Å². The van der Waals surface area contributed by atoms with E-state index in [4.69, 9.17) is 0 Å². The number of ketones is 1. The molecule has 84 valence electrons. The van der Waals surface area contributed by atoms with E-state index in [1.807, 2.05) is 32.0 Å². The molecule has 0 saturated heterocycles. The van der Waals surface area contributed by atoms with Gasteiger partial charge in [-0.15, -0.1) is 0 Å². The van der Waals surface area contributed by atoms with Crippen molar-refractivity contribution in [3.05, 3.63) is 35.4 Å². The highest BCUT2D eigenvalue weighted by Crippen LogP contribution is 2.26. The van der Waals surface area contributed by atoms with Crippen LogP contribution in [0, 0.1) is 5.92 Å². The molecule has 0 bridgehead atoms. The third-order valence-corrected chi connectivity index (χ3v) is 2.88. The molecule has 1 aliphatic rings. The quantitative estimate of drug-likeness (QED) is 0.677. The summed E-state index contributed by atoms with van der Waals surface area (Å²) >= 11 is 0. The third kappa shape index (κ3) is 2.68. The number of hydrogen-bond acceptors (Lipinski definition) is 1. The molecule has 0 spiro atoms. The Morgan fingerprint density at radius 1 is 1.27 bits per heavy atom. The summed E-state index contributed by atoms with van der Waals surface area (Å²) in [7, 11) is 0. The van der Waals surface area contributed by atoms with E-state index < -0.39 is 0 Å². The van der Waals surface area contributed by atoms with Gasteiger partial charge in [-0.3, -0.25) is 4.79 Å². The van der Waals surface area contributed by atoms with Crippen LogP contribution in [0.5, 0.6) is 0 Å². The molecule has 0 heterocycles. The van der Waals surface area contributed by atoms with Crippen molar-refractivity contribution >= 4 is 5.78 Å². The molecule has 0 fully saturated rings. The van der Waals surface area contributed by atoms with Gasteiger partial charge in [0.25, 0.3) is 0 Å². The van der Waals surface area contributed by atoms with Crippen molar-refractivity contribution in [2.45, 2.75) is 40.0 Å². The minimum absolute atomic E-state index is 0. The molecular weight excluding hydrogens is 184 g/mol. The molecule has 0 N–H and O–H groups in total. The first-order valence-corrected chi connectivity index (χ1v) is 5.92. The minimum Gasteiger partial charge on any atom is -0.294 e. The normalized spacial score (nSPS) is 18.9.